The average Bonchev–Trinajstić information content (AvgIpc) is 2.61. The van der Waals surface area contributed by atoms with E-state index in [0.29, 0.717) is 11.1 Å². The van der Waals surface area contributed by atoms with E-state index in [1.165, 1.54) is 18.3 Å². The summed E-state index contributed by atoms with van der Waals surface area (Å²) in [7, 11) is 0. The maximum Gasteiger partial charge on any atom is 0.271 e. The SMILES string of the molecule is CC(C)(C)c1ccc(C(=O)NN=C/C=C\c2cccc([N+](=O)[O-])c2)cc1. The number of allylic oxidation sites excluding steroid dienone is 1. The van der Waals surface area contributed by atoms with Gasteiger partial charge in [0.1, 0.15) is 0 Å². The van der Waals surface area contributed by atoms with Gasteiger partial charge in [-0.25, -0.2) is 5.43 Å². The van der Waals surface area contributed by atoms with Crippen LogP contribution < -0.4 is 5.43 Å². The number of hydrazone groups is 1. The molecular weight excluding hydrogens is 330 g/mol. The standard InChI is InChI=1S/C20H21N3O3/c1-20(2,3)17-11-9-16(10-12-17)19(24)22-21-13-5-7-15-6-4-8-18(14-15)23(25)26/h4-14H,1-3H3,(H,22,24)/b7-5-,21-13?. The Morgan fingerprint density at radius 2 is 1.85 bits per heavy atom. The van der Waals surface area contributed by atoms with Gasteiger partial charge >= 0.3 is 0 Å². The zero-order chi connectivity index (χ0) is 19.2. The molecular formula is C20H21N3O3. The first-order valence-electron chi connectivity index (χ1n) is 8.12. The third-order valence-corrected chi connectivity index (χ3v) is 3.71. The van der Waals surface area contributed by atoms with Gasteiger partial charge in [0, 0.05) is 23.9 Å². The predicted octanol–water partition coefficient (Wildman–Crippen LogP) is 4.32. The van der Waals surface area contributed by atoms with Crippen molar-refractivity contribution < 1.29 is 9.72 Å². The number of nitrogens with one attached hydrogen (secondary N) is 1. The Balaban J connectivity index is 1.92. The highest BCUT2D eigenvalue weighted by atomic mass is 16.6. The van der Waals surface area contributed by atoms with E-state index in [1.807, 2.05) is 12.1 Å². The summed E-state index contributed by atoms with van der Waals surface area (Å²) in [6.07, 6.45) is 4.68. The summed E-state index contributed by atoms with van der Waals surface area (Å²) in [4.78, 5) is 22.3. The smallest absolute Gasteiger partial charge is 0.267 e. The number of nitro groups is 1. The van der Waals surface area contributed by atoms with Crippen LogP contribution in [0.5, 0.6) is 0 Å². The van der Waals surface area contributed by atoms with Crippen LogP contribution in [0.4, 0.5) is 5.69 Å². The second-order valence-electron chi connectivity index (χ2n) is 6.76. The van der Waals surface area contributed by atoms with Gasteiger partial charge in [-0.1, -0.05) is 51.1 Å². The first kappa shape index (κ1) is 19.1. The number of nitro benzene ring substituents is 1. The zero-order valence-electron chi connectivity index (χ0n) is 15.0. The molecule has 2 aromatic rings. The highest BCUT2D eigenvalue weighted by Gasteiger charge is 2.14. The van der Waals surface area contributed by atoms with E-state index in [1.54, 1.807) is 36.4 Å². The summed E-state index contributed by atoms with van der Waals surface area (Å²) in [6, 6.07) is 13.6. The van der Waals surface area contributed by atoms with Gasteiger partial charge in [0.2, 0.25) is 0 Å². The van der Waals surface area contributed by atoms with Gasteiger partial charge in [-0.2, -0.15) is 5.10 Å². The van der Waals surface area contributed by atoms with Crippen LogP contribution in [0, 0.1) is 10.1 Å². The highest BCUT2D eigenvalue weighted by Crippen LogP contribution is 2.22. The number of carbonyl (C=O) groups is 1. The fraction of sp³-hybridized carbons (Fsp3) is 0.200. The molecule has 0 saturated carbocycles. The van der Waals surface area contributed by atoms with Crippen molar-refractivity contribution in [2.24, 2.45) is 5.10 Å². The molecule has 0 spiro atoms. The van der Waals surface area contributed by atoms with E-state index in [0.717, 1.165) is 5.56 Å². The van der Waals surface area contributed by atoms with Crippen LogP contribution in [0.25, 0.3) is 6.08 Å². The van der Waals surface area contributed by atoms with Gasteiger partial charge in [-0.05, 0) is 34.8 Å². The Bertz CT molecular complexity index is 847. The van der Waals surface area contributed by atoms with Crippen LogP contribution in [0.15, 0.2) is 59.7 Å². The number of rotatable bonds is 5. The number of nitrogens with zero attached hydrogens (tertiary/aromatic N) is 2. The van der Waals surface area contributed by atoms with E-state index < -0.39 is 4.92 Å². The average molecular weight is 351 g/mol. The molecule has 6 heteroatoms. The quantitative estimate of drug-likeness (QED) is 0.494. The minimum Gasteiger partial charge on any atom is -0.267 e. The molecule has 0 saturated heterocycles. The third kappa shape index (κ3) is 5.37. The predicted molar refractivity (Wildman–Crippen MR) is 103 cm³/mol. The Morgan fingerprint density at radius 1 is 1.15 bits per heavy atom. The van der Waals surface area contributed by atoms with Gasteiger partial charge in [-0.3, -0.25) is 14.9 Å². The van der Waals surface area contributed by atoms with Gasteiger partial charge in [0.25, 0.3) is 11.6 Å². The summed E-state index contributed by atoms with van der Waals surface area (Å²) >= 11 is 0. The van der Waals surface area contributed by atoms with Crippen molar-refractivity contribution in [1.29, 1.82) is 0 Å². The lowest BCUT2D eigenvalue weighted by Gasteiger charge is -2.18. The molecule has 0 aliphatic heterocycles. The molecule has 1 N–H and O–H groups in total. The molecule has 0 heterocycles. The molecule has 2 rings (SSSR count). The number of benzene rings is 2. The third-order valence-electron chi connectivity index (χ3n) is 3.71. The van der Waals surface area contributed by atoms with Crippen LogP contribution in [0.2, 0.25) is 0 Å². The molecule has 6 nitrogen and oxygen atoms in total. The van der Waals surface area contributed by atoms with Gasteiger partial charge in [0.15, 0.2) is 0 Å². The molecule has 0 fully saturated rings. The molecule has 0 aliphatic rings. The van der Waals surface area contributed by atoms with Crippen LogP contribution in [-0.4, -0.2) is 17.0 Å². The van der Waals surface area contributed by atoms with Crippen molar-refractivity contribution in [2.45, 2.75) is 26.2 Å². The summed E-state index contributed by atoms with van der Waals surface area (Å²) < 4.78 is 0. The number of amides is 1. The van der Waals surface area contributed by atoms with Crippen LogP contribution in [0.1, 0.15) is 42.3 Å². The van der Waals surface area contributed by atoms with Crippen LogP contribution in [-0.2, 0) is 5.41 Å². The lowest BCUT2D eigenvalue weighted by molar-refractivity contribution is -0.384. The van der Waals surface area contributed by atoms with Crippen molar-refractivity contribution in [1.82, 2.24) is 5.43 Å². The first-order valence-corrected chi connectivity index (χ1v) is 8.12. The van der Waals surface area contributed by atoms with Crippen molar-refractivity contribution in [3.63, 3.8) is 0 Å². The lowest BCUT2D eigenvalue weighted by atomic mass is 9.87. The van der Waals surface area contributed by atoms with E-state index in [2.05, 4.69) is 31.3 Å². The molecule has 134 valence electrons. The first-order chi connectivity index (χ1) is 12.3. The van der Waals surface area contributed by atoms with E-state index in [9.17, 15) is 14.9 Å². The molecule has 0 aromatic heterocycles. The lowest BCUT2D eigenvalue weighted by Crippen LogP contribution is -2.18. The Morgan fingerprint density at radius 3 is 2.46 bits per heavy atom. The van der Waals surface area contributed by atoms with Crippen molar-refractivity contribution >= 4 is 23.9 Å². The fourth-order valence-electron chi connectivity index (χ4n) is 2.22. The Kier molecular flexibility index (Phi) is 6.01. The second kappa shape index (κ2) is 8.20. The van der Waals surface area contributed by atoms with E-state index in [-0.39, 0.29) is 17.0 Å². The van der Waals surface area contributed by atoms with E-state index in [4.69, 9.17) is 0 Å². The number of hydrogen-bond acceptors (Lipinski definition) is 4. The number of non-ortho nitro benzene ring substituents is 1. The van der Waals surface area contributed by atoms with Gasteiger partial charge in [-0.15, -0.1) is 0 Å². The maximum absolute atomic E-state index is 12.0. The fourth-order valence-corrected chi connectivity index (χ4v) is 2.22. The molecule has 0 unspecified atom stereocenters. The molecule has 0 bridgehead atoms. The van der Waals surface area contributed by atoms with Crippen LogP contribution in [0.3, 0.4) is 0 Å². The second-order valence-corrected chi connectivity index (χ2v) is 6.76. The minimum atomic E-state index is -0.448. The van der Waals surface area contributed by atoms with Crippen molar-refractivity contribution in [3.05, 3.63) is 81.4 Å². The Labute approximate surface area is 152 Å². The summed E-state index contributed by atoms with van der Waals surface area (Å²) in [5.74, 6) is -0.301. The van der Waals surface area contributed by atoms with Crippen molar-refractivity contribution in [2.75, 3.05) is 0 Å². The van der Waals surface area contributed by atoms with Gasteiger partial charge < -0.3 is 0 Å². The molecule has 2 aromatic carbocycles. The zero-order valence-corrected chi connectivity index (χ0v) is 15.0. The van der Waals surface area contributed by atoms with E-state index >= 15 is 0 Å². The summed E-state index contributed by atoms with van der Waals surface area (Å²) in [5.41, 5.74) is 4.85. The largest absolute Gasteiger partial charge is 0.271 e. The maximum atomic E-state index is 12.0. The minimum absolute atomic E-state index is 0.0242. The van der Waals surface area contributed by atoms with Gasteiger partial charge in [0.05, 0.1) is 4.92 Å². The summed E-state index contributed by atoms with van der Waals surface area (Å²) in [5, 5.41) is 14.6. The monoisotopic (exact) mass is 351 g/mol. The molecule has 0 aliphatic carbocycles. The highest BCUT2D eigenvalue weighted by molar-refractivity contribution is 5.94. The Hall–Kier alpha value is -3.28. The molecule has 1 amide bonds. The molecule has 0 atom stereocenters. The topological polar surface area (TPSA) is 84.6 Å². The molecule has 26 heavy (non-hydrogen) atoms. The number of carbonyl (C=O) groups excluding carboxylic acids is 1. The number of hydrogen-bond donors (Lipinski definition) is 1. The van der Waals surface area contributed by atoms with Crippen molar-refractivity contribution in [3.8, 4) is 0 Å². The van der Waals surface area contributed by atoms with Crippen LogP contribution >= 0.6 is 0 Å². The normalized spacial score (nSPS) is 11.8. The molecule has 0 radical (unpaired) electrons. The summed E-state index contributed by atoms with van der Waals surface area (Å²) in [6.45, 7) is 6.33.